The van der Waals surface area contributed by atoms with Gasteiger partial charge in [-0.3, -0.25) is 9.59 Å². The van der Waals surface area contributed by atoms with Gasteiger partial charge in [0.25, 0.3) is 0 Å². The fourth-order valence-corrected chi connectivity index (χ4v) is 3.81. The summed E-state index contributed by atoms with van der Waals surface area (Å²) in [7, 11) is 0. The Morgan fingerprint density at radius 1 is 0.758 bits per heavy atom. The Labute approximate surface area is 193 Å². The number of pyridine rings is 2. The highest BCUT2D eigenvalue weighted by Gasteiger charge is 2.16. The summed E-state index contributed by atoms with van der Waals surface area (Å²) < 4.78 is 10.8. The Bertz CT molecular complexity index is 943. The predicted octanol–water partition coefficient (Wildman–Crippen LogP) is 2.40. The standard InChI is InChI=1S/C25H28N4O4/c30-22(7-5-20-3-1-9-26-24(20)28-11-15-32-16-12-28)19-23(31)8-6-21-4-2-10-27-25(21)29-13-17-33-18-14-29/h1-10H,11-19H2. The van der Waals surface area contributed by atoms with Crippen LogP contribution in [0.1, 0.15) is 17.5 Å². The van der Waals surface area contributed by atoms with Crippen molar-refractivity contribution in [3.63, 3.8) is 0 Å². The van der Waals surface area contributed by atoms with Crippen molar-refractivity contribution in [2.75, 3.05) is 62.4 Å². The summed E-state index contributed by atoms with van der Waals surface area (Å²) in [5, 5.41) is 0. The van der Waals surface area contributed by atoms with E-state index in [0.717, 1.165) is 48.9 Å². The molecule has 0 atom stereocenters. The Hall–Kier alpha value is -3.36. The van der Waals surface area contributed by atoms with Gasteiger partial charge in [-0.2, -0.15) is 0 Å². The number of rotatable bonds is 8. The third-order valence-corrected chi connectivity index (χ3v) is 5.50. The molecular weight excluding hydrogens is 420 g/mol. The van der Waals surface area contributed by atoms with E-state index in [1.165, 1.54) is 12.2 Å². The first-order chi connectivity index (χ1) is 16.2. The Kier molecular flexibility index (Phi) is 7.94. The number of allylic oxidation sites excluding steroid dienone is 2. The van der Waals surface area contributed by atoms with Gasteiger partial charge in [0.15, 0.2) is 11.6 Å². The van der Waals surface area contributed by atoms with E-state index in [9.17, 15) is 9.59 Å². The van der Waals surface area contributed by atoms with Crippen molar-refractivity contribution in [1.82, 2.24) is 9.97 Å². The molecule has 2 fully saturated rings. The van der Waals surface area contributed by atoms with Gasteiger partial charge in [0.2, 0.25) is 0 Å². The van der Waals surface area contributed by atoms with Gasteiger partial charge in [-0.25, -0.2) is 9.97 Å². The van der Waals surface area contributed by atoms with Crippen molar-refractivity contribution in [2.45, 2.75) is 6.42 Å². The van der Waals surface area contributed by atoms with Gasteiger partial charge in [0, 0.05) is 49.7 Å². The number of ether oxygens (including phenoxy) is 2. The van der Waals surface area contributed by atoms with E-state index < -0.39 is 0 Å². The van der Waals surface area contributed by atoms with Crippen molar-refractivity contribution in [1.29, 1.82) is 0 Å². The number of morpholine rings is 2. The minimum Gasteiger partial charge on any atom is -0.378 e. The number of aromatic nitrogens is 2. The third kappa shape index (κ3) is 6.34. The highest BCUT2D eigenvalue weighted by molar-refractivity contribution is 6.11. The molecule has 2 aromatic rings. The molecule has 0 N–H and O–H groups in total. The van der Waals surface area contributed by atoms with Crippen LogP contribution in [0.25, 0.3) is 12.2 Å². The van der Waals surface area contributed by atoms with Crippen LogP contribution in [0, 0.1) is 0 Å². The summed E-state index contributed by atoms with van der Waals surface area (Å²) in [4.78, 5) is 38.0. The van der Waals surface area contributed by atoms with Crippen molar-refractivity contribution < 1.29 is 19.1 Å². The van der Waals surface area contributed by atoms with Gasteiger partial charge < -0.3 is 19.3 Å². The van der Waals surface area contributed by atoms with Crippen molar-refractivity contribution >= 4 is 35.4 Å². The minimum atomic E-state index is -0.249. The normalized spacial score (nSPS) is 17.1. The number of hydrogen-bond acceptors (Lipinski definition) is 8. The molecule has 0 amide bonds. The largest absolute Gasteiger partial charge is 0.378 e. The van der Waals surface area contributed by atoms with Gasteiger partial charge in [0.1, 0.15) is 11.6 Å². The molecule has 0 bridgehead atoms. The summed E-state index contributed by atoms with van der Waals surface area (Å²) >= 11 is 0. The fourth-order valence-electron chi connectivity index (χ4n) is 3.81. The Morgan fingerprint density at radius 2 is 1.18 bits per heavy atom. The molecule has 8 nitrogen and oxygen atoms in total. The zero-order valence-corrected chi connectivity index (χ0v) is 18.6. The van der Waals surface area contributed by atoms with E-state index in [-0.39, 0.29) is 18.0 Å². The number of carbonyl (C=O) groups excluding carboxylic acids is 2. The van der Waals surface area contributed by atoms with Crippen LogP contribution in [-0.4, -0.2) is 74.1 Å². The van der Waals surface area contributed by atoms with Crippen LogP contribution in [0.15, 0.2) is 48.8 Å². The maximum atomic E-state index is 12.4. The second-order valence-corrected chi connectivity index (χ2v) is 7.81. The number of carbonyl (C=O) groups is 2. The zero-order valence-electron chi connectivity index (χ0n) is 18.6. The van der Waals surface area contributed by atoms with Crippen molar-refractivity contribution in [3.8, 4) is 0 Å². The first-order valence-corrected chi connectivity index (χ1v) is 11.2. The molecular formula is C25H28N4O4. The number of ketones is 2. The Balaban J connectivity index is 1.37. The Morgan fingerprint density at radius 3 is 1.61 bits per heavy atom. The fraction of sp³-hybridized carbons (Fsp3) is 0.360. The van der Waals surface area contributed by atoms with E-state index in [2.05, 4.69) is 19.8 Å². The van der Waals surface area contributed by atoms with Crippen LogP contribution in [0.3, 0.4) is 0 Å². The van der Waals surface area contributed by atoms with Crippen LogP contribution in [0.4, 0.5) is 11.6 Å². The molecule has 0 saturated carbocycles. The molecule has 8 heteroatoms. The molecule has 33 heavy (non-hydrogen) atoms. The third-order valence-electron chi connectivity index (χ3n) is 5.50. The van der Waals surface area contributed by atoms with Gasteiger partial charge in [0.05, 0.1) is 32.8 Å². The SMILES string of the molecule is O=C(C=Cc1cccnc1N1CCOCC1)CC(=O)C=Cc1cccnc1N1CCOCC1. The highest BCUT2D eigenvalue weighted by atomic mass is 16.5. The summed E-state index contributed by atoms with van der Waals surface area (Å²) in [6.45, 7) is 5.66. The molecule has 2 aliphatic heterocycles. The first-order valence-electron chi connectivity index (χ1n) is 11.2. The summed E-state index contributed by atoms with van der Waals surface area (Å²) in [6.07, 6.45) is 9.66. The van der Waals surface area contributed by atoms with Crippen molar-refractivity contribution in [2.24, 2.45) is 0 Å². The second kappa shape index (κ2) is 11.5. The number of hydrogen-bond donors (Lipinski definition) is 0. The maximum absolute atomic E-state index is 12.4. The van der Waals surface area contributed by atoms with E-state index in [4.69, 9.17) is 9.47 Å². The summed E-state index contributed by atoms with van der Waals surface area (Å²) in [5.74, 6) is 1.15. The molecule has 2 saturated heterocycles. The molecule has 0 radical (unpaired) electrons. The van der Waals surface area contributed by atoms with Crippen molar-refractivity contribution in [3.05, 3.63) is 59.9 Å². The number of nitrogens with zero attached hydrogens (tertiary/aromatic N) is 4. The smallest absolute Gasteiger partial charge is 0.163 e. The summed E-state index contributed by atoms with van der Waals surface area (Å²) in [6, 6.07) is 7.50. The van der Waals surface area contributed by atoms with Gasteiger partial charge in [-0.05, 0) is 48.6 Å². The lowest BCUT2D eigenvalue weighted by Gasteiger charge is -2.28. The molecule has 0 spiro atoms. The van der Waals surface area contributed by atoms with Gasteiger partial charge in [-0.15, -0.1) is 0 Å². The molecule has 172 valence electrons. The van der Waals surface area contributed by atoms with Crippen LogP contribution < -0.4 is 9.80 Å². The molecule has 4 rings (SSSR count). The predicted molar refractivity (Wildman–Crippen MR) is 127 cm³/mol. The molecule has 2 aliphatic rings. The van der Waals surface area contributed by atoms with Gasteiger partial charge in [-0.1, -0.05) is 0 Å². The lowest BCUT2D eigenvalue weighted by Crippen LogP contribution is -2.37. The van der Waals surface area contributed by atoms with E-state index >= 15 is 0 Å². The second-order valence-electron chi connectivity index (χ2n) is 7.81. The van der Waals surface area contributed by atoms with Crippen LogP contribution in [0.5, 0.6) is 0 Å². The number of anilines is 2. The highest BCUT2D eigenvalue weighted by Crippen LogP contribution is 2.21. The minimum absolute atomic E-state index is 0.187. The van der Waals surface area contributed by atoms with E-state index in [1.54, 1.807) is 24.5 Å². The lowest BCUT2D eigenvalue weighted by molar-refractivity contribution is -0.121. The first kappa shape index (κ1) is 22.8. The average molecular weight is 449 g/mol. The molecule has 0 aromatic carbocycles. The topological polar surface area (TPSA) is 84.9 Å². The average Bonchev–Trinajstić information content (AvgIpc) is 2.87. The molecule has 0 aliphatic carbocycles. The maximum Gasteiger partial charge on any atom is 0.163 e. The van der Waals surface area contributed by atoms with E-state index in [0.29, 0.717) is 26.4 Å². The molecule has 4 heterocycles. The summed E-state index contributed by atoms with van der Waals surface area (Å²) in [5.41, 5.74) is 1.70. The quantitative estimate of drug-likeness (QED) is 0.450. The van der Waals surface area contributed by atoms with E-state index in [1.807, 2.05) is 24.3 Å². The van der Waals surface area contributed by atoms with Crippen LogP contribution in [0.2, 0.25) is 0 Å². The van der Waals surface area contributed by atoms with Gasteiger partial charge >= 0.3 is 0 Å². The van der Waals surface area contributed by atoms with Crippen LogP contribution >= 0.6 is 0 Å². The van der Waals surface area contributed by atoms with Crippen LogP contribution in [-0.2, 0) is 19.1 Å². The lowest BCUT2D eigenvalue weighted by atomic mass is 10.1. The molecule has 2 aromatic heterocycles. The zero-order chi connectivity index (χ0) is 22.9. The monoisotopic (exact) mass is 448 g/mol. The molecule has 0 unspecified atom stereocenters.